The highest BCUT2D eigenvalue weighted by Gasteiger charge is 2.16. The fourth-order valence-corrected chi connectivity index (χ4v) is 2.76. The van der Waals surface area contributed by atoms with E-state index < -0.39 is 11.8 Å². The minimum Gasteiger partial charge on any atom is -0.490 e. The summed E-state index contributed by atoms with van der Waals surface area (Å²) >= 11 is 0. The van der Waals surface area contributed by atoms with Gasteiger partial charge < -0.3 is 25.2 Å². The van der Waals surface area contributed by atoms with Crippen LogP contribution in [0.1, 0.15) is 35.3 Å². The molecule has 3 N–H and O–H groups in total. The van der Waals surface area contributed by atoms with Crippen LogP contribution in [0, 0.1) is 6.92 Å². The lowest BCUT2D eigenvalue weighted by molar-refractivity contribution is -0.117. The largest absolute Gasteiger partial charge is 0.490 e. The maximum Gasteiger partial charge on any atom is 0.267 e. The van der Waals surface area contributed by atoms with Crippen molar-refractivity contribution in [1.29, 1.82) is 0 Å². The molecule has 7 heteroatoms. The van der Waals surface area contributed by atoms with Crippen LogP contribution < -0.4 is 20.1 Å². The van der Waals surface area contributed by atoms with Crippen molar-refractivity contribution in [3.63, 3.8) is 0 Å². The molecule has 0 aromatic heterocycles. The zero-order valence-electron chi connectivity index (χ0n) is 17.5. The van der Waals surface area contributed by atoms with Gasteiger partial charge in [0.1, 0.15) is 5.70 Å². The molecule has 0 atom stereocenters. The Balaban J connectivity index is 2.37. The van der Waals surface area contributed by atoms with E-state index in [9.17, 15) is 9.59 Å². The highest BCUT2D eigenvalue weighted by Crippen LogP contribution is 2.29. The van der Waals surface area contributed by atoms with E-state index in [0.29, 0.717) is 35.8 Å². The number of aliphatic hydroxyl groups excluding tert-OH is 1. The number of hydrogen-bond donors (Lipinski definition) is 3. The number of carbonyl (C=O) groups is 2. The monoisotopic (exact) mass is 412 g/mol. The van der Waals surface area contributed by atoms with Crippen LogP contribution in [-0.4, -0.2) is 43.3 Å². The number of carbonyl (C=O) groups excluding carboxylic acids is 2. The van der Waals surface area contributed by atoms with E-state index >= 15 is 0 Å². The van der Waals surface area contributed by atoms with E-state index in [0.717, 1.165) is 5.56 Å². The molecule has 0 saturated heterocycles. The minimum absolute atomic E-state index is 0.0586. The molecule has 0 radical (unpaired) electrons. The molecule has 0 unspecified atom stereocenters. The van der Waals surface area contributed by atoms with Gasteiger partial charge in [-0.05, 0) is 56.2 Å². The summed E-state index contributed by atoms with van der Waals surface area (Å²) in [6.45, 7) is 6.40. The Labute approximate surface area is 176 Å². The van der Waals surface area contributed by atoms with Crippen LogP contribution in [-0.2, 0) is 4.79 Å². The molecule has 0 saturated carbocycles. The van der Waals surface area contributed by atoms with Gasteiger partial charge >= 0.3 is 0 Å². The number of aliphatic hydroxyl groups is 1. The van der Waals surface area contributed by atoms with E-state index in [1.807, 2.05) is 32.9 Å². The van der Waals surface area contributed by atoms with Crippen molar-refractivity contribution in [3.05, 3.63) is 64.9 Å². The number of aryl methyl sites for hydroxylation is 1. The van der Waals surface area contributed by atoms with Gasteiger partial charge in [0.05, 0.1) is 19.8 Å². The summed E-state index contributed by atoms with van der Waals surface area (Å²) in [4.78, 5) is 25.3. The normalized spacial score (nSPS) is 11.0. The predicted molar refractivity (Wildman–Crippen MR) is 115 cm³/mol. The summed E-state index contributed by atoms with van der Waals surface area (Å²) in [6, 6.07) is 12.4. The average Bonchev–Trinajstić information content (AvgIpc) is 2.74. The molecule has 2 aromatic rings. The first kappa shape index (κ1) is 23.0. The SMILES string of the molecule is CCOc1ccc(C=C(NC(=O)c2ccccc2C)C(=O)NCCO)cc1OCC. The Kier molecular flexibility index (Phi) is 8.90. The van der Waals surface area contributed by atoms with Crippen LogP contribution in [0.5, 0.6) is 11.5 Å². The average molecular weight is 412 g/mol. The molecular formula is C23H28N2O5. The molecule has 0 fully saturated rings. The number of amides is 2. The van der Waals surface area contributed by atoms with Crippen LogP contribution in [0.3, 0.4) is 0 Å². The molecule has 0 bridgehead atoms. The maximum absolute atomic E-state index is 12.7. The fourth-order valence-electron chi connectivity index (χ4n) is 2.76. The van der Waals surface area contributed by atoms with Crippen molar-refractivity contribution in [2.24, 2.45) is 0 Å². The number of nitrogens with one attached hydrogen (secondary N) is 2. The number of hydrogen-bond acceptors (Lipinski definition) is 5. The third kappa shape index (κ3) is 6.35. The second-order valence-corrected chi connectivity index (χ2v) is 6.38. The van der Waals surface area contributed by atoms with Crippen molar-refractivity contribution in [3.8, 4) is 11.5 Å². The summed E-state index contributed by atoms with van der Waals surface area (Å²) in [5, 5.41) is 14.3. The first-order valence-electron chi connectivity index (χ1n) is 9.87. The molecular weight excluding hydrogens is 384 g/mol. The second kappa shape index (κ2) is 11.6. The van der Waals surface area contributed by atoms with Crippen molar-refractivity contribution in [1.82, 2.24) is 10.6 Å². The highest BCUT2D eigenvalue weighted by molar-refractivity contribution is 6.05. The van der Waals surface area contributed by atoms with Gasteiger partial charge in [0.15, 0.2) is 11.5 Å². The Morgan fingerprint density at radius 1 is 1.03 bits per heavy atom. The van der Waals surface area contributed by atoms with Crippen molar-refractivity contribution < 1.29 is 24.2 Å². The fraction of sp³-hybridized carbons (Fsp3) is 0.304. The lowest BCUT2D eigenvalue weighted by atomic mass is 10.1. The topological polar surface area (TPSA) is 96.9 Å². The Hall–Kier alpha value is -3.32. The smallest absolute Gasteiger partial charge is 0.267 e. The predicted octanol–water partition coefficient (Wildman–Crippen LogP) is 2.67. The molecule has 0 aliphatic rings. The van der Waals surface area contributed by atoms with Gasteiger partial charge in [0.2, 0.25) is 0 Å². The molecule has 2 aromatic carbocycles. The summed E-state index contributed by atoms with van der Waals surface area (Å²) in [5.41, 5.74) is 1.98. The van der Waals surface area contributed by atoms with Crippen LogP contribution in [0.15, 0.2) is 48.2 Å². The Morgan fingerprint density at radius 2 is 1.73 bits per heavy atom. The lowest BCUT2D eigenvalue weighted by Crippen LogP contribution is -2.36. The molecule has 7 nitrogen and oxygen atoms in total. The quantitative estimate of drug-likeness (QED) is 0.522. The first-order chi connectivity index (χ1) is 14.5. The summed E-state index contributed by atoms with van der Waals surface area (Å²) < 4.78 is 11.2. The number of rotatable bonds is 10. The number of ether oxygens (including phenoxy) is 2. The molecule has 0 aliphatic heterocycles. The van der Waals surface area contributed by atoms with Gasteiger partial charge in [0.25, 0.3) is 11.8 Å². The molecule has 0 aliphatic carbocycles. The summed E-state index contributed by atoms with van der Waals surface area (Å²) in [5.74, 6) is 0.257. The van der Waals surface area contributed by atoms with Crippen LogP contribution in [0.4, 0.5) is 0 Å². The van der Waals surface area contributed by atoms with Crippen LogP contribution in [0.2, 0.25) is 0 Å². The van der Waals surface area contributed by atoms with Crippen LogP contribution in [0.25, 0.3) is 6.08 Å². The maximum atomic E-state index is 12.7. The molecule has 160 valence electrons. The van der Waals surface area contributed by atoms with Gasteiger partial charge in [-0.25, -0.2) is 0 Å². The van der Waals surface area contributed by atoms with E-state index in [1.165, 1.54) is 0 Å². The van der Waals surface area contributed by atoms with Crippen molar-refractivity contribution in [2.45, 2.75) is 20.8 Å². The van der Waals surface area contributed by atoms with Crippen LogP contribution >= 0.6 is 0 Å². The van der Waals surface area contributed by atoms with Crippen molar-refractivity contribution in [2.75, 3.05) is 26.4 Å². The van der Waals surface area contributed by atoms with E-state index in [2.05, 4.69) is 10.6 Å². The third-order valence-corrected chi connectivity index (χ3v) is 4.16. The standard InChI is InChI=1S/C23H28N2O5/c1-4-29-20-11-10-17(15-21(20)30-5-2)14-19(23(28)24-12-13-26)25-22(27)18-9-7-6-8-16(18)3/h6-11,14-15,26H,4-5,12-13H2,1-3H3,(H,24,28)(H,25,27). The first-order valence-corrected chi connectivity index (χ1v) is 9.87. The molecule has 2 rings (SSSR count). The zero-order chi connectivity index (χ0) is 21.9. The highest BCUT2D eigenvalue weighted by atomic mass is 16.5. The van der Waals surface area contributed by atoms with E-state index in [-0.39, 0.29) is 18.8 Å². The zero-order valence-corrected chi connectivity index (χ0v) is 17.5. The van der Waals surface area contributed by atoms with E-state index in [1.54, 1.807) is 36.4 Å². The second-order valence-electron chi connectivity index (χ2n) is 6.38. The molecule has 0 heterocycles. The Bertz CT molecular complexity index is 908. The molecule has 30 heavy (non-hydrogen) atoms. The summed E-state index contributed by atoms with van der Waals surface area (Å²) in [7, 11) is 0. The van der Waals surface area contributed by atoms with Crippen molar-refractivity contribution >= 4 is 17.9 Å². The lowest BCUT2D eigenvalue weighted by Gasteiger charge is -2.13. The van der Waals surface area contributed by atoms with Gasteiger partial charge in [-0.1, -0.05) is 24.3 Å². The minimum atomic E-state index is -0.502. The van der Waals surface area contributed by atoms with E-state index in [4.69, 9.17) is 14.6 Å². The summed E-state index contributed by atoms with van der Waals surface area (Å²) in [6.07, 6.45) is 1.56. The molecule has 0 spiro atoms. The molecule has 2 amide bonds. The third-order valence-electron chi connectivity index (χ3n) is 4.16. The van der Waals surface area contributed by atoms with Gasteiger partial charge in [-0.3, -0.25) is 9.59 Å². The van der Waals surface area contributed by atoms with Gasteiger partial charge in [0, 0.05) is 12.1 Å². The Morgan fingerprint density at radius 3 is 2.40 bits per heavy atom. The van der Waals surface area contributed by atoms with Gasteiger partial charge in [-0.2, -0.15) is 0 Å². The number of benzene rings is 2. The van der Waals surface area contributed by atoms with Gasteiger partial charge in [-0.15, -0.1) is 0 Å².